The molecule has 1 heterocycles. The van der Waals surface area contributed by atoms with Gasteiger partial charge in [0.05, 0.1) is 6.04 Å². The van der Waals surface area contributed by atoms with E-state index in [-0.39, 0.29) is 17.2 Å². The molecule has 1 atom stereocenters. The summed E-state index contributed by atoms with van der Waals surface area (Å²) in [6, 6.07) is 10.1. The predicted octanol–water partition coefficient (Wildman–Crippen LogP) is 5.88. The van der Waals surface area contributed by atoms with Crippen LogP contribution in [0.5, 0.6) is 0 Å². The molecule has 1 saturated heterocycles. The van der Waals surface area contributed by atoms with Crippen molar-refractivity contribution in [2.45, 2.75) is 65.2 Å². The van der Waals surface area contributed by atoms with Gasteiger partial charge in [0.25, 0.3) is 8.32 Å². The van der Waals surface area contributed by atoms with Crippen LogP contribution in [-0.4, -0.2) is 32.0 Å². The highest BCUT2D eigenvalue weighted by atomic mass is 28.4. The normalized spacial score (nSPS) is 19.3. The van der Waals surface area contributed by atoms with Crippen molar-refractivity contribution in [2.24, 2.45) is 0 Å². The lowest BCUT2D eigenvalue weighted by Crippen LogP contribution is -2.45. The van der Waals surface area contributed by atoms with Crippen molar-refractivity contribution in [3.8, 4) is 0 Å². The standard InChI is InChI=1S/C22H33NO3Si/c1-8-12-17(2)20(26-27(6,7)22(3,4)5)23-19(16-25-21(23)24)15-18-13-10-9-11-14-18/h8-14,19H,15-16H2,1-7H3/b12-8+,20-17+/t19-/m1/s1. The van der Waals surface area contributed by atoms with Gasteiger partial charge in [-0.1, -0.05) is 63.3 Å². The van der Waals surface area contributed by atoms with E-state index in [9.17, 15) is 4.79 Å². The number of cyclic esters (lactones) is 1. The summed E-state index contributed by atoms with van der Waals surface area (Å²) < 4.78 is 12.1. The molecule has 0 spiro atoms. The summed E-state index contributed by atoms with van der Waals surface area (Å²) in [5, 5.41) is 0.0347. The summed E-state index contributed by atoms with van der Waals surface area (Å²) in [5.74, 6) is 0.642. The molecule has 0 bridgehead atoms. The second-order valence-corrected chi connectivity index (χ2v) is 13.4. The van der Waals surface area contributed by atoms with E-state index in [4.69, 9.17) is 9.16 Å². The van der Waals surface area contributed by atoms with Crippen molar-refractivity contribution in [3.63, 3.8) is 0 Å². The fourth-order valence-corrected chi connectivity index (χ4v) is 3.83. The van der Waals surface area contributed by atoms with Gasteiger partial charge in [0.1, 0.15) is 6.61 Å². The maximum absolute atomic E-state index is 12.6. The van der Waals surface area contributed by atoms with E-state index in [0.717, 1.165) is 12.0 Å². The first-order valence-corrected chi connectivity index (χ1v) is 12.5. The average Bonchev–Trinajstić information content (AvgIpc) is 2.93. The molecule has 1 aliphatic rings. The first-order chi connectivity index (χ1) is 12.6. The summed E-state index contributed by atoms with van der Waals surface area (Å²) in [5.41, 5.74) is 2.13. The molecule has 0 aliphatic carbocycles. The molecule has 4 nitrogen and oxygen atoms in total. The van der Waals surface area contributed by atoms with Crippen molar-refractivity contribution < 1.29 is 14.0 Å². The fraction of sp³-hybridized carbons (Fsp3) is 0.500. The average molecular weight is 388 g/mol. The molecule has 27 heavy (non-hydrogen) atoms. The van der Waals surface area contributed by atoms with Crippen molar-refractivity contribution in [1.29, 1.82) is 0 Å². The van der Waals surface area contributed by atoms with E-state index in [1.165, 1.54) is 5.56 Å². The lowest BCUT2D eigenvalue weighted by Gasteiger charge is -2.39. The number of carbonyl (C=O) groups excluding carboxylic acids is 1. The molecular formula is C22H33NO3Si. The zero-order chi connectivity index (χ0) is 20.2. The molecule has 0 saturated carbocycles. The molecule has 0 aromatic heterocycles. The maximum Gasteiger partial charge on any atom is 0.417 e. The maximum atomic E-state index is 12.6. The second kappa shape index (κ2) is 8.34. The highest BCUT2D eigenvalue weighted by Crippen LogP contribution is 2.40. The number of ether oxygens (including phenoxy) is 1. The Bertz CT molecular complexity index is 717. The van der Waals surface area contributed by atoms with Crippen molar-refractivity contribution in [1.82, 2.24) is 4.90 Å². The lowest BCUT2D eigenvalue weighted by molar-refractivity contribution is 0.149. The predicted molar refractivity (Wildman–Crippen MR) is 113 cm³/mol. The van der Waals surface area contributed by atoms with Gasteiger partial charge in [-0.3, -0.25) is 0 Å². The second-order valence-electron chi connectivity index (χ2n) is 8.64. The third-order valence-corrected chi connectivity index (χ3v) is 9.72. The highest BCUT2D eigenvalue weighted by Gasteiger charge is 2.44. The Morgan fingerprint density at radius 3 is 2.48 bits per heavy atom. The topological polar surface area (TPSA) is 38.8 Å². The number of benzene rings is 1. The summed E-state index contributed by atoms with van der Waals surface area (Å²) in [6.45, 7) is 15.3. The molecule has 5 heteroatoms. The van der Waals surface area contributed by atoms with Gasteiger partial charge < -0.3 is 9.16 Å². The Balaban J connectivity index is 2.40. The Kier molecular flexibility index (Phi) is 6.57. The van der Waals surface area contributed by atoms with Crippen LogP contribution in [0.25, 0.3) is 0 Å². The van der Waals surface area contributed by atoms with Crippen LogP contribution in [0, 0.1) is 0 Å². The SMILES string of the molecule is C/C=C/C(C)=C(/O[Si](C)(C)C(C)(C)C)N1C(=O)OC[C@H]1Cc1ccccc1. The zero-order valence-corrected chi connectivity index (χ0v) is 18.7. The van der Waals surface area contributed by atoms with Gasteiger partial charge in [0.2, 0.25) is 0 Å². The lowest BCUT2D eigenvalue weighted by atomic mass is 10.1. The fourth-order valence-electron chi connectivity index (χ4n) is 2.78. The smallest absolute Gasteiger partial charge is 0.417 e. The number of hydrogen-bond acceptors (Lipinski definition) is 3. The Morgan fingerprint density at radius 2 is 1.93 bits per heavy atom. The minimum atomic E-state index is -2.12. The Labute approximate surface area is 165 Å². The molecule has 1 aromatic rings. The largest absolute Gasteiger partial charge is 0.531 e. The molecule has 0 radical (unpaired) electrons. The van der Waals surface area contributed by atoms with E-state index in [1.807, 2.05) is 44.2 Å². The van der Waals surface area contributed by atoms with Crippen LogP contribution in [-0.2, 0) is 15.6 Å². The summed E-state index contributed by atoms with van der Waals surface area (Å²) in [4.78, 5) is 14.4. The zero-order valence-electron chi connectivity index (χ0n) is 17.7. The van der Waals surface area contributed by atoms with E-state index < -0.39 is 8.32 Å². The number of nitrogens with zero attached hydrogens (tertiary/aromatic N) is 1. The van der Waals surface area contributed by atoms with Crippen molar-refractivity contribution in [2.75, 3.05) is 6.61 Å². The van der Waals surface area contributed by atoms with Gasteiger partial charge in [0.15, 0.2) is 5.88 Å². The van der Waals surface area contributed by atoms with Gasteiger partial charge in [0, 0.05) is 5.57 Å². The Morgan fingerprint density at radius 1 is 1.30 bits per heavy atom. The molecule has 0 unspecified atom stereocenters. The minimum Gasteiger partial charge on any atom is -0.531 e. The molecule has 0 N–H and O–H groups in total. The van der Waals surface area contributed by atoms with Crippen LogP contribution in [0.2, 0.25) is 18.1 Å². The molecule has 148 valence electrons. The number of carbonyl (C=O) groups is 1. The number of rotatable bonds is 6. The van der Waals surface area contributed by atoms with Crippen LogP contribution in [0.1, 0.15) is 40.2 Å². The molecule has 1 fully saturated rings. The van der Waals surface area contributed by atoms with Crippen LogP contribution < -0.4 is 0 Å². The van der Waals surface area contributed by atoms with Crippen molar-refractivity contribution in [3.05, 3.63) is 59.5 Å². The third kappa shape index (κ3) is 5.04. The van der Waals surface area contributed by atoms with E-state index in [2.05, 4.69) is 46.0 Å². The van der Waals surface area contributed by atoms with E-state index >= 15 is 0 Å². The van der Waals surface area contributed by atoms with Gasteiger partial charge >= 0.3 is 6.09 Å². The molecule has 1 amide bonds. The van der Waals surface area contributed by atoms with E-state index in [1.54, 1.807) is 4.90 Å². The van der Waals surface area contributed by atoms with Gasteiger partial charge in [-0.15, -0.1) is 0 Å². The summed E-state index contributed by atoms with van der Waals surface area (Å²) >= 11 is 0. The number of allylic oxidation sites excluding steroid dienone is 3. The van der Waals surface area contributed by atoms with Crippen LogP contribution >= 0.6 is 0 Å². The molecule has 2 rings (SSSR count). The monoisotopic (exact) mass is 387 g/mol. The van der Waals surface area contributed by atoms with E-state index in [0.29, 0.717) is 12.5 Å². The van der Waals surface area contributed by atoms with Crippen LogP contribution in [0.3, 0.4) is 0 Å². The quantitative estimate of drug-likeness (QED) is 0.347. The van der Waals surface area contributed by atoms with Gasteiger partial charge in [-0.05, 0) is 44.0 Å². The van der Waals surface area contributed by atoms with Gasteiger partial charge in [-0.2, -0.15) is 0 Å². The number of amides is 1. The highest BCUT2D eigenvalue weighted by molar-refractivity contribution is 6.74. The Hall–Kier alpha value is -2.01. The summed E-state index contributed by atoms with van der Waals surface area (Å²) in [6.07, 6.45) is 4.37. The molecular weight excluding hydrogens is 354 g/mol. The van der Waals surface area contributed by atoms with Crippen molar-refractivity contribution >= 4 is 14.4 Å². The minimum absolute atomic E-state index is 0.0347. The molecule has 1 aliphatic heterocycles. The third-order valence-electron chi connectivity index (χ3n) is 5.41. The van der Waals surface area contributed by atoms with Crippen LogP contribution in [0.4, 0.5) is 4.79 Å². The summed E-state index contributed by atoms with van der Waals surface area (Å²) in [7, 11) is -2.12. The van der Waals surface area contributed by atoms with Crippen LogP contribution in [0.15, 0.2) is 53.9 Å². The molecule has 1 aromatic carbocycles. The first-order valence-electron chi connectivity index (χ1n) is 9.59. The van der Waals surface area contributed by atoms with Gasteiger partial charge in [-0.25, -0.2) is 9.69 Å². The number of hydrogen-bond donors (Lipinski definition) is 0. The first kappa shape index (κ1) is 21.3.